The average Bonchev–Trinajstić information content (AvgIpc) is 3.36. The van der Waals surface area contributed by atoms with Gasteiger partial charge in [0.15, 0.2) is 0 Å². The van der Waals surface area contributed by atoms with Gasteiger partial charge in [-0.1, -0.05) is 13.8 Å². The highest BCUT2D eigenvalue weighted by Crippen LogP contribution is 2.53. The van der Waals surface area contributed by atoms with E-state index in [1.165, 1.54) is 12.8 Å². The first-order chi connectivity index (χ1) is 10.8. The Balaban J connectivity index is 1.54. The summed E-state index contributed by atoms with van der Waals surface area (Å²) in [4.78, 5) is 14.5. The van der Waals surface area contributed by atoms with Crippen LogP contribution in [0.4, 0.5) is 4.79 Å². The molecule has 132 valence electrons. The summed E-state index contributed by atoms with van der Waals surface area (Å²) in [6.45, 7) is 7.28. The van der Waals surface area contributed by atoms with Crippen LogP contribution in [0.25, 0.3) is 0 Å². The van der Waals surface area contributed by atoms with Crippen LogP contribution >= 0.6 is 0 Å². The maximum absolute atomic E-state index is 12.7. The molecule has 1 N–H and O–H groups in total. The van der Waals surface area contributed by atoms with Crippen LogP contribution < -0.4 is 5.32 Å². The Morgan fingerprint density at radius 2 is 1.96 bits per heavy atom. The van der Waals surface area contributed by atoms with Crippen molar-refractivity contribution < 1.29 is 14.3 Å². The number of hydrogen-bond donors (Lipinski definition) is 1. The normalized spacial score (nSPS) is 39.4. The number of methoxy groups -OCH3 is 1. The van der Waals surface area contributed by atoms with Crippen molar-refractivity contribution in [2.45, 2.75) is 76.7 Å². The highest BCUT2D eigenvalue weighted by atomic mass is 16.5. The number of ether oxygens (including phenoxy) is 2. The molecule has 2 aliphatic carbocycles. The van der Waals surface area contributed by atoms with Gasteiger partial charge < -0.3 is 19.7 Å². The van der Waals surface area contributed by atoms with Gasteiger partial charge in [0, 0.05) is 38.3 Å². The van der Waals surface area contributed by atoms with E-state index in [1.54, 1.807) is 7.11 Å². The zero-order valence-corrected chi connectivity index (χ0v) is 15.2. The highest BCUT2D eigenvalue weighted by Gasteiger charge is 2.60. The smallest absolute Gasteiger partial charge is 0.317 e. The summed E-state index contributed by atoms with van der Waals surface area (Å²) >= 11 is 0. The summed E-state index contributed by atoms with van der Waals surface area (Å²) in [7, 11) is 3.67. The lowest BCUT2D eigenvalue weighted by Crippen LogP contribution is -2.69. The summed E-state index contributed by atoms with van der Waals surface area (Å²) in [6, 6.07) is 0.510. The maximum atomic E-state index is 12.7. The Kier molecular flexibility index (Phi) is 4.38. The molecule has 0 aromatic heterocycles. The quantitative estimate of drug-likeness (QED) is 0.865. The van der Waals surface area contributed by atoms with E-state index in [-0.39, 0.29) is 29.1 Å². The average molecular weight is 324 g/mol. The number of carbonyl (C=O) groups is 1. The fraction of sp³-hybridized carbons (Fsp3) is 0.944. The standard InChI is InChI=1S/C18H32N2O3/c1-17(2)15(11-18(17,3)22-5)20(4)16(21)19-13-8-9-23-14(10-13)12-6-7-12/h12-15H,6-11H2,1-5H3,(H,19,21)/t13-,14-,15+,18-/m1/s1. The lowest BCUT2D eigenvalue weighted by atomic mass is 9.55. The zero-order valence-electron chi connectivity index (χ0n) is 15.2. The molecule has 0 aromatic carbocycles. The van der Waals surface area contributed by atoms with Gasteiger partial charge in [0.25, 0.3) is 0 Å². The number of nitrogens with one attached hydrogen (secondary N) is 1. The van der Waals surface area contributed by atoms with Crippen molar-refractivity contribution in [1.82, 2.24) is 10.2 Å². The van der Waals surface area contributed by atoms with Crippen molar-refractivity contribution in [3.63, 3.8) is 0 Å². The second-order valence-corrected chi connectivity index (χ2v) is 8.40. The van der Waals surface area contributed by atoms with Crippen LogP contribution in [0, 0.1) is 11.3 Å². The minimum absolute atomic E-state index is 0.0416. The molecule has 3 rings (SSSR count). The van der Waals surface area contributed by atoms with Gasteiger partial charge in [-0.05, 0) is 44.9 Å². The van der Waals surface area contributed by atoms with Crippen molar-refractivity contribution in [3.8, 4) is 0 Å². The molecule has 0 unspecified atom stereocenters. The molecule has 1 saturated heterocycles. The molecule has 0 bridgehead atoms. The molecule has 1 aliphatic heterocycles. The second-order valence-electron chi connectivity index (χ2n) is 8.40. The Morgan fingerprint density at radius 1 is 1.26 bits per heavy atom. The van der Waals surface area contributed by atoms with Crippen LogP contribution in [0.2, 0.25) is 0 Å². The number of rotatable bonds is 4. The molecule has 0 spiro atoms. The third-order valence-electron chi connectivity index (χ3n) is 6.81. The Hall–Kier alpha value is -0.810. The first kappa shape index (κ1) is 17.0. The van der Waals surface area contributed by atoms with E-state index in [9.17, 15) is 4.79 Å². The predicted molar refractivity (Wildman–Crippen MR) is 89.4 cm³/mol. The molecular formula is C18H32N2O3. The first-order valence-electron chi connectivity index (χ1n) is 8.98. The maximum Gasteiger partial charge on any atom is 0.317 e. The Bertz CT molecular complexity index is 463. The third-order valence-corrected chi connectivity index (χ3v) is 6.81. The number of amides is 2. The van der Waals surface area contributed by atoms with Crippen LogP contribution in [0.5, 0.6) is 0 Å². The monoisotopic (exact) mass is 324 g/mol. The van der Waals surface area contributed by atoms with E-state index in [4.69, 9.17) is 9.47 Å². The molecule has 3 fully saturated rings. The van der Waals surface area contributed by atoms with E-state index < -0.39 is 0 Å². The van der Waals surface area contributed by atoms with Crippen LogP contribution in [0.3, 0.4) is 0 Å². The van der Waals surface area contributed by atoms with Gasteiger partial charge in [-0.25, -0.2) is 4.79 Å². The molecule has 4 atom stereocenters. The first-order valence-corrected chi connectivity index (χ1v) is 8.98. The largest absolute Gasteiger partial charge is 0.378 e. The molecule has 3 aliphatic rings. The highest BCUT2D eigenvalue weighted by molar-refractivity contribution is 5.75. The van der Waals surface area contributed by atoms with Crippen molar-refractivity contribution in [1.29, 1.82) is 0 Å². The van der Waals surface area contributed by atoms with Gasteiger partial charge in [0.2, 0.25) is 0 Å². The minimum atomic E-state index is -0.151. The van der Waals surface area contributed by atoms with E-state index in [0.29, 0.717) is 6.10 Å². The van der Waals surface area contributed by atoms with Crippen molar-refractivity contribution in [3.05, 3.63) is 0 Å². The summed E-state index contributed by atoms with van der Waals surface area (Å²) in [5.41, 5.74) is -0.192. The lowest BCUT2D eigenvalue weighted by Gasteiger charge is -2.61. The van der Waals surface area contributed by atoms with E-state index in [2.05, 4.69) is 26.1 Å². The number of carbonyl (C=O) groups excluding carboxylic acids is 1. The second kappa shape index (κ2) is 5.92. The van der Waals surface area contributed by atoms with Crippen LogP contribution in [-0.4, -0.2) is 55.5 Å². The zero-order chi connectivity index (χ0) is 16.8. The van der Waals surface area contributed by atoms with Gasteiger partial charge in [0.05, 0.1) is 11.7 Å². The number of nitrogens with zero attached hydrogens (tertiary/aromatic N) is 1. The summed E-state index contributed by atoms with van der Waals surface area (Å²) in [5.74, 6) is 0.736. The summed E-state index contributed by atoms with van der Waals surface area (Å²) < 4.78 is 11.5. The fourth-order valence-corrected chi connectivity index (χ4v) is 4.25. The molecule has 2 saturated carbocycles. The molecule has 0 radical (unpaired) electrons. The molecule has 2 amide bonds. The summed E-state index contributed by atoms with van der Waals surface area (Å²) in [6.07, 6.45) is 5.71. The molecule has 23 heavy (non-hydrogen) atoms. The lowest BCUT2D eigenvalue weighted by molar-refractivity contribution is -0.198. The third kappa shape index (κ3) is 2.98. The van der Waals surface area contributed by atoms with Crippen molar-refractivity contribution >= 4 is 6.03 Å². The molecule has 5 heteroatoms. The Morgan fingerprint density at radius 3 is 2.52 bits per heavy atom. The van der Waals surface area contributed by atoms with Crippen LogP contribution in [0.15, 0.2) is 0 Å². The topological polar surface area (TPSA) is 50.8 Å². The van der Waals surface area contributed by atoms with Gasteiger partial charge in [-0.15, -0.1) is 0 Å². The van der Waals surface area contributed by atoms with E-state index >= 15 is 0 Å². The summed E-state index contributed by atoms with van der Waals surface area (Å²) in [5, 5.41) is 3.23. The van der Waals surface area contributed by atoms with Crippen LogP contribution in [-0.2, 0) is 9.47 Å². The molecular weight excluding hydrogens is 292 g/mol. The molecule has 1 heterocycles. The Labute approximate surface area is 140 Å². The number of urea groups is 1. The van der Waals surface area contributed by atoms with Gasteiger partial charge in [0.1, 0.15) is 0 Å². The predicted octanol–water partition coefficient (Wildman–Crippen LogP) is 2.79. The van der Waals surface area contributed by atoms with Crippen LogP contribution in [0.1, 0.15) is 52.9 Å². The SMILES string of the molecule is CO[C@]1(C)C[C@H](N(C)C(=O)N[C@@H]2CCO[C@@H](C3CC3)C2)C1(C)C. The van der Waals surface area contributed by atoms with Gasteiger partial charge in [-0.3, -0.25) is 0 Å². The molecule has 5 nitrogen and oxygen atoms in total. The van der Waals surface area contributed by atoms with Gasteiger partial charge >= 0.3 is 6.03 Å². The minimum Gasteiger partial charge on any atom is -0.378 e. The van der Waals surface area contributed by atoms with E-state index in [1.807, 2.05) is 11.9 Å². The number of hydrogen-bond acceptors (Lipinski definition) is 3. The fourth-order valence-electron chi connectivity index (χ4n) is 4.25. The van der Waals surface area contributed by atoms with Crippen molar-refractivity contribution in [2.75, 3.05) is 20.8 Å². The van der Waals surface area contributed by atoms with Gasteiger partial charge in [-0.2, -0.15) is 0 Å². The van der Waals surface area contributed by atoms with Crippen molar-refractivity contribution in [2.24, 2.45) is 11.3 Å². The molecule has 0 aromatic rings. The van der Waals surface area contributed by atoms with E-state index in [0.717, 1.165) is 31.8 Å².